The molecule has 0 radical (unpaired) electrons. The number of urea groups is 1. The highest BCUT2D eigenvalue weighted by atomic mass is 32.2. The Morgan fingerprint density at radius 3 is 2.47 bits per heavy atom. The van der Waals surface area contributed by atoms with Crippen molar-refractivity contribution in [1.29, 1.82) is 0 Å². The Balaban J connectivity index is 1.24. The summed E-state index contributed by atoms with van der Waals surface area (Å²) in [6.07, 6.45) is 0.877. The average molecular weight is 430 g/mol. The maximum absolute atomic E-state index is 12.7. The van der Waals surface area contributed by atoms with Crippen LogP contribution in [0.2, 0.25) is 0 Å². The summed E-state index contributed by atoms with van der Waals surface area (Å²) < 4.78 is 32.6. The van der Waals surface area contributed by atoms with Gasteiger partial charge in [0.2, 0.25) is 10.0 Å². The van der Waals surface area contributed by atoms with Gasteiger partial charge in [0.15, 0.2) is 0 Å². The molecule has 2 aliphatic heterocycles. The van der Waals surface area contributed by atoms with Crippen molar-refractivity contribution in [1.82, 2.24) is 14.5 Å². The van der Waals surface area contributed by atoms with Crippen molar-refractivity contribution in [2.75, 3.05) is 39.3 Å². The summed E-state index contributed by atoms with van der Waals surface area (Å²) in [4.78, 5) is 14.2. The van der Waals surface area contributed by atoms with Crippen molar-refractivity contribution < 1.29 is 17.9 Å². The molecule has 1 saturated heterocycles. The molecular weight excluding hydrogens is 402 g/mol. The number of carbonyl (C=O) groups is 1. The van der Waals surface area contributed by atoms with Crippen molar-refractivity contribution in [3.8, 4) is 5.75 Å². The summed E-state index contributed by atoms with van der Waals surface area (Å²) >= 11 is 0. The molecule has 4 rings (SSSR count). The highest BCUT2D eigenvalue weighted by molar-refractivity contribution is 7.88. The van der Waals surface area contributed by atoms with Gasteiger partial charge in [0, 0.05) is 38.6 Å². The Kier molecular flexibility index (Phi) is 6.24. The molecule has 160 valence electrons. The van der Waals surface area contributed by atoms with E-state index in [0.29, 0.717) is 39.3 Å². The van der Waals surface area contributed by atoms with Crippen LogP contribution < -0.4 is 10.1 Å². The molecule has 2 aliphatic rings. The Hall–Kier alpha value is -2.58. The predicted molar refractivity (Wildman–Crippen MR) is 115 cm³/mol. The van der Waals surface area contributed by atoms with E-state index < -0.39 is 10.0 Å². The lowest BCUT2D eigenvalue weighted by Crippen LogP contribution is -2.54. The first kappa shape index (κ1) is 20.7. The molecule has 30 heavy (non-hydrogen) atoms. The normalized spacial score (nSPS) is 19.6. The number of ether oxygens (including phenoxy) is 1. The van der Waals surface area contributed by atoms with Crippen LogP contribution in [-0.4, -0.2) is 63.0 Å². The van der Waals surface area contributed by atoms with E-state index in [4.69, 9.17) is 4.74 Å². The summed E-state index contributed by atoms with van der Waals surface area (Å²) in [5, 5.41) is 2.99. The number of hydrogen-bond acceptors (Lipinski definition) is 4. The fraction of sp³-hybridized carbons (Fsp3) is 0.409. The van der Waals surface area contributed by atoms with Gasteiger partial charge in [-0.25, -0.2) is 13.2 Å². The standard InChI is InChI=1S/C22H27N3O4S/c26-22(23-15-19-14-20-8-4-5-9-21(20)29-16-19)24-10-12-25(13-11-24)30(27,28)17-18-6-2-1-3-7-18/h1-9,19H,10-17H2,(H,23,26). The summed E-state index contributed by atoms with van der Waals surface area (Å²) in [5.74, 6) is 1.15. The van der Waals surface area contributed by atoms with E-state index in [0.717, 1.165) is 17.7 Å². The summed E-state index contributed by atoms with van der Waals surface area (Å²) in [6, 6.07) is 17.0. The second-order valence-electron chi connectivity index (χ2n) is 7.80. The fourth-order valence-electron chi connectivity index (χ4n) is 3.91. The predicted octanol–water partition coefficient (Wildman–Crippen LogP) is 2.09. The summed E-state index contributed by atoms with van der Waals surface area (Å²) in [5.41, 5.74) is 1.94. The van der Waals surface area contributed by atoms with Crippen LogP contribution in [0.3, 0.4) is 0 Å². The fourth-order valence-corrected chi connectivity index (χ4v) is 5.43. The van der Waals surface area contributed by atoms with Crippen LogP contribution in [0.25, 0.3) is 0 Å². The number of para-hydroxylation sites is 1. The molecule has 0 aromatic heterocycles. The lowest BCUT2D eigenvalue weighted by Gasteiger charge is -2.34. The molecule has 1 N–H and O–H groups in total. The van der Waals surface area contributed by atoms with E-state index in [1.165, 1.54) is 9.87 Å². The monoisotopic (exact) mass is 429 g/mol. The van der Waals surface area contributed by atoms with Crippen LogP contribution in [0, 0.1) is 5.92 Å². The number of amides is 2. The van der Waals surface area contributed by atoms with E-state index in [1.807, 2.05) is 48.5 Å². The van der Waals surface area contributed by atoms with E-state index in [1.54, 1.807) is 4.90 Å². The van der Waals surface area contributed by atoms with Crippen LogP contribution in [0.1, 0.15) is 11.1 Å². The maximum Gasteiger partial charge on any atom is 0.317 e. The van der Waals surface area contributed by atoms with E-state index in [9.17, 15) is 13.2 Å². The topological polar surface area (TPSA) is 79.0 Å². The van der Waals surface area contributed by atoms with Crippen LogP contribution >= 0.6 is 0 Å². The van der Waals surface area contributed by atoms with Crippen LogP contribution in [0.5, 0.6) is 5.75 Å². The maximum atomic E-state index is 12.7. The molecule has 0 saturated carbocycles. The number of hydrogen-bond donors (Lipinski definition) is 1. The molecule has 1 atom stereocenters. The minimum atomic E-state index is -3.38. The Morgan fingerprint density at radius 1 is 1.00 bits per heavy atom. The Morgan fingerprint density at radius 2 is 1.70 bits per heavy atom. The second kappa shape index (κ2) is 9.06. The molecule has 1 unspecified atom stereocenters. The molecule has 7 nitrogen and oxygen atoms in total. The van der Waals surface area contributed by atoms with E-state index in [-0.39, 0.29) is 17.7 Å². The number of nitrogens with one attached hydrogen (secondary N) is 1. The van der Waals surface area contributed by atoms with Crippen LogP contribution in [-0.2, 0) is 22.2 Å². The Labute approximate surface area is 177 Å². The molecule has 2 aromatic rings. The van der Waals surface area contributed by atoms with Crippen LogP contribution in [0.4, 0.5) is 4.79 Å². The van der Waals surface area contributed by atoms with Gasteiger partial charge >= 0.3 is 6.03 Å². The van der Waals surface area contributed by atoms with Crippen molar-refractivity contribution in [2.24, 2.45) is 5.92 Å². The van der Waals surface area contributed by atoms with Crippen molar-refractivity contribution in [3.63, 3.8) is 0 Å². The van der Waals surface area contributed by atoms with Gasteiger partial charge in [-0.3, -0.25) is 0 Å². The molecule has 2 amide bonds. The second-order valence-corrected chi connectivity index (χ2v) is 9.77. The largest absolute Gasteiger partial charge is 0.493 e. The smallest absolute Gasteiger partial charge is 0.317 e. The van der Waals surface area contributed by atoms with Gasteiger partial charge in [-0.05, 0) is 23.6 Å². The Bertz CT molecular complexity index is 973. The van der Waals surface area contributed by atoms with Crippen molar-refractivity contribution >= 4 is 16.1 Å². The number of sulfonamides is 1. The van der Waals surface area contributed by atoms with Gasteiger partial charge in [-0.15, -0.1) is 0 Å². The average Bonchev–Trinajstić information content (AvgIpc) is 2.78. The number of rotatable bonds is 5. The van der Waals surface area contributed by atoms with Gasteiger partial charge in [0.05, 0.1) is 12.4 Å². The molecule has 0 bridgehead atoms. The third kappa shape index (κ3) is 4.94. The van der Waals surface area contributed by atoms with Crippen LogP contribution in [0.15, 0.2) is 54.6 Å². The first-order valence-corrected chi connectivity index (χ1v) is 11.9. The number of fused-ring (bicyclic) bond motifs is 1. The third-order valence-electron chi connectivity index (χ3n) is 5.61. The highest BCUT2D eigenvalue weighted by Gasteiger charge is 2.29. The van der Waals surface area contributed by atoms with Gasteiger partial charge < -0.3 is 15.0 Å². The minimum absolute atomic E-state index is 0.0107. The van der Waals surface area contributed by atoms with Gasteiger partial charge in [-0.2, -0.15) is 4.31 Å². The number of benzene rings is 2. The molecule has 2 heterocycles. The summed E-state index contributed by atoms with van der Waals surface area (Å²) in [6.45, 7) is 2.56. The zero-order valence-electron chi connectivity index (χ0n) is 16.9. The van der Waals surface area contributed by atoms with Gasteiger partial charge in [-0.1, -0.05) is 48.5 Å². The van der Waals surface area contributed by atoms with E-state index in [2.05, 4.69) is 11.4 Å². The first-order chi connectivity index (χ1) is 14.5. The van der Waals surface area contributed by atoms with Crippen molar-refractivity contribution in [2.45, 2.75) is 12.2 Å². The van der Waals surface area contributed by atoms with Crippen molar-refractivity contribution in [3.05, 3.63) is 65.7 Å². The SMILES string of the molecule is O=C(NCC1COc2ccccc2C1)N1CCN(S(=O)(=O)Cc2ccccc2)CC1. The lowest BCUT2D eigenvalue weighted by atomic mass is 9.97. The molecule has 8 heteroatoms. The third-order valence-corrected chi connectivity index (χ3v) is 7.46. The molecule has 1 fully saturated rings. The zero-order chi connectivity index (χ0) is 21.0. The van der Waals surface area contributed by atoms with E-state index >= 15 is 0 Å². The first-order valence-electron chi connectivity index (χ1n) is 10.3. The lowest BCUT2D eigenvalue weighted by molar-refractivity contribution is 0.166. The number of carbonyl (C=O) groups excluding carboxylic acids is 1. The molecule has 0 spiro atoms. The number of nitrogens with zero attached hydrogens (tertiary/aromatic N) is 2. The molecule has 2 aromatic carbocycles. The quantitative estimate of drug-likeness (QED) is 0.790. The number of piperazine rings is 1. The highest BCUT2D eigenvalue weighted by Crippen LogP contribution is 2.26. The molecular formula is C22H27N3O4S. The minimum Gasteiger partial charge on any atom is -0.493 e. The zero-order valence-corrected chi connectivity index (χ0v) is 17.7. The summed E-state index contributed by atoms with van der Waals surface area (Å²) in [7, 11) is -3.38. The van der Waals surface area contributed by atoms with Gasteiger partial charge in [0.1, 0.15) is 5.75 Å². The molecule has 0 aliphatic carbocycles. The van der Waals surface area contributed by atoms with Gasteiger partial charge in [0.25, 0.3) is 0 Å².